The maximum atomic E-state index is 11.7. The van der Waals surface area contributed by atoms with Crippen LogP contribution in [0.4, 0.5) is 5.95 Å². The molecule has 5 nitrogen and oxygen atoms in total. The van der Waals surface area contributed by atoms with Crippen LogP contribution in [0, 0.1) is 6.92 Å². The SMILES string of the molecule is CCCn1cc(C)nc1NCC1CCCS1(=O)=O. The third-order valence-corrected chi connectivity index (χ3v) is 5.59. The monoisotopic (exact) mass is 271 g/mol. The number of imidazole rings is 1. The van der Waals surface area contributed by atoms with Gasteiger partial charge >= 0.3 is 0 Å². The van der Waals surface area contributed by atoms with Crippen LogP contribution >= 0.6 is 0 Å². The largest absolute Gasteiger partial charge is 0.354 e. The zero-order chi connectivity index (χ0) is 13.2. The first-order chi connectivity index (χ1) is 8.53. The van der Waals surface area contributed by atoms with Gasteiger partial charge in [-0.2, -0.15) is 0 Å². The maximum Gasteiger partial charge on any atom is 0.203 e. The average molecular weight is 271 g/mol. The van der Waals surface area contributed by atoms with Gasteiger partial charge in [0.15, 0.2) is 9.84 Å². The maximum absolute atomic E-state index is 11.7. The van der Waals surface area contributed by atoms with E-state index in [1.165, 1.54) is 0 Å². The van der Waals surface area contributed by atoms with E-state index in [-0.39, 0.29) is 5.25 Å². The number of nitrogens with zero attached hydrogens (tertiary/aromatic N) is 2. The molecule has 0 aliphatic carbocycles. The quantitative estimate of drug-likeness (QED) is 0.883. The predicted molar refractivity (Wildman–Crippen MR) is 72.6 cm³/mol. The average Bonchev–Trinajstić information content (AvgIpc) is 2.79. The number of sulfone groups is 1. The molecule has 1 unspecified atom stereocenters. The minimum absolute atomic E-state index is 0.246. The van der Waals surface area contributed by atoms with Crippen molar-refractivity contribution in [1.29, 1.82) is 0 Å². The second-order valence-electron chi connectivity index (χ2n) is 4.91. The molecule has 1 N–H and O–H groups in total. The summed E-state index contributed by atoms with van der Waals surface area (Å²) in [6.45, 7) is 5.44. The Kier molecular flexibility index (Phi) is 3.94. The highest BCUT2D eigenvalue weighted by Gasteiger charge is 2.31. The van der Waals surface area contributed by atoms with Crippen LogP contribution in [0.1, 0.15) is 31.9 Å². The summed E-state index contributed by atoms with van der Waals surface area (Å²) < 4.78 is 25.5. The lowest BCUT2D eigenvalue weighted by Crippen LogP contribution is -2.26. The molecule has 1 atom stereocenters. The van der Waals surface area contributed by atoms with Gasteiger partial charge in [-0.15, -0.1) is 0 Å². The second-order valence-corrected chi connectivity index (χ2v) is 7.31. The molecule has 2 heterocycles. The van der Waals surface area contributed by atoms with Gasteiger partial charge < -0.3 is 9.88 Å². The molecule has 18 heavy (non-hydrogen) atoms. The van der Waals surface area contributed by atoms with Crippen molar-refractivity contribution in [2.24, 2.45) is 0 Å². The van der Waals surface area contributed by atoms with Crippen LogP contribution in [0.3, 0.4) is 0 Å². The number of hydrogen-bond donors (Lipinski definition) is 1. The smallest absolute Gasteiger partial charge is 0.203 e. The summed E-state index contributed by atoms with van der Waals surface area (Å²) >= 11 is 0. The van der Waals surface area contributed by atoms with Gasteiger partial charge in [0.05, 0.1) is 16.7 Å². The van der Waals surface area contributed by atoms with E-state index in [0.717, 1.165) is 37.4 Å². The van der Waals surface area contributed by atoms with E-state index >= 15 is 0 Å². The molecular formula is C12H21N3O2S. The first-order valence-corrected chi connectivity index (χ1v) is 8.23. The fraction of sp³-hybridized carbons (Fsp3) is 0.750. The Hall–Kier alpha value is -1.04. The van der Waals surface area contributed by atoms with Gasteiger partial charge in [0, 0.05) is 19.3 Å². The zero-order valence-corrected chi connectivity index (χ0v) is 11.8. The van der Waals surface area contributed by atoms with Gasteiger partial charge in [-0.3, -0.25) is 0 Å². The molecule has 1 saturated heterocycles. The van der Waals surface area contributed by atoms with Crippen molar-refractivity contribution in [1.82, 2.24) is 9.55 Å². The molecule has 6 heteroatoms. The summed E-state index contributed by atoms with van der Waals surface area (Å²) in [6, 6.07) is 0. The molecule has 0 radical (unpaired) electrons. The van der Waals surface area contributed by atoms with Crippen LogP contribution in [0.5, 0.6) is 0 Å². The molecule has 1 aromatic heterocycles. The second kappa shape index (κ2) is 5.30. The number of aryl methyl sites for hydroxylation is 2. The van der Waals surface area contributed by atoms with E-state index < -0.39 is 9.84 Å². The van der Waals surface area contributed by atoms with Crippen molar-refractivity contribution >= 4 is 15.8 Å². The van der Waals surface area contributed by atoms with Crippen molar-refractivity contribution in [3.05, 3.63) is 11.9 Å². The zero-order valence-electron chi connectivity index (χ0n) is 11.0. The van der Waals surface area contributed by atoms with Gasteiger partial charge in [-0.1, -0.05) is 6.92 Å². The van der Waals surface area contributed by atoms with Crippen LogP contribution in [-0.2, 0) is 16.4 Å². The number of rotatable bonds is 5. The van der Waals surface area contributed by atoms with Gasteiger partial charge in [0.1, 0.15) is 0 Å². The number of anilines is 1. The van der Waals surface area contributed by atoms with E-state index in [9.17, 15) is 8.42 Å². The van der Waals surface area contributed by atoms with E-state index in [1.54, 1.807) is 0 Å². The predicted octanol–water partition coefficient (Wildman–Crippen LogP) is 1.59. The highest BCUT2D eigenvalue weighted by molar-refractivity contribution is 7.92. The summed E-state index contributed by atoms with van der Waals surface area (Å²) in [5, 5.41) is 2.94. The van der Waals surface area contributed by atoms with Crippen LogP contribution in [0.2, 0.25) is 0 Å². The highest BCUT2D eigenvalue weighted by atomic mass is 32.2. The third-order valence-electron chi connectivity index (χ3n) is 3.31. The molecular weight excluding hydrogens is 250 g/mol. The van der Waals surface area contributed by atoms with Gasteiger partial charge in [0.25, 0.3) is 0 Å². The van der Waals surface area contributed by atoms with Crippen molar-refractivity contribution in [2.75, 3.05) is 17.6 Å². The van der Waals surface area contributed by atoms with Gasteiger partial charge in [-0.25, -0.2) is 13.4 Å². The fourth-order valence-corrected chi connectivity index (χ4v) is 4.16. The molecule has 1 aromatic rings. The van der Waals surface area contributed by atoms with E-state index in [4.69, 9.17) is 0 Å². The number of nitrogens with one attached hydrogen (secondary N) is 1. The molecule has 1 aliphatic heterocycles. The summed E-state index contributed by atoms with van der Waals surface area (Å²) in [5.74, 6) is 1.12. The molecule has 0 saturated carbocycles. The van der Waals surface area contributed by atoms with E-state index in [0.29, 0.717) is 12.3 Å². The Morgan fingerprint density at radius 1 is 1.56 bits per heavy atom. The van der Waals surface area contributed by atoms with Crippen LogP contribution < -0.4 is 5.32 Å². The van der Waals surface area contributed by atoms with E-state index in [2.05, 4.69) is 21.8 Å². The van der Waals surface area contributed by atoms with Gasteiger partial charge in [-0.05, 0) is 26.2 Å². The summed E-state index contributed by atoms with van der Waals surface area (Å²) in [6.07, 6.45) is 4.58. The molecule has 0 amide bonds. The molecule has 102 valence electrons. The molecule has 0 bridgehead atoms. The lowest BCUT2D eigenvalue weighted by atomic mass is 10.2. The summed E-state index contributed by atoms with van der Waals surface area (Å²) in [5.41, 5.74) is 0.959. The highest BCUT2D eigenvalue weighted by Crippen LogP contribution is 2.20. The van der Waals surface area contributed by atoms with Crippen LogP contribution in [0.15, 0.2) is 6.20 Å². The molecule has 0 aromatic carbocycles. The molecule has 0 spiro atoms. The van der Waals surface area contributed by atoms with Crippen molar-refractivity contribution in [3.63, 3.8) is 0 Å². The number of aromatic nitrogens is 2. The minimum Gasteiger partial charge on any atom is -0.354 e. The number of hydrogen-bond acceptors (Lipinski definition) is 4. The van der Waals surface area contributed by atoms with Crippen molar-refractivity contribution < 1.29 is 8.42 Å². The Balaban J connectivity index is 2.02. The summed E-state index contributed by atoms with van der Waals surface area (Å²) in [4.78, 5) is 4.39. The standard InChI is InChI=1S/C12H21N3O2S/c1-3-6-15-9-10(2)14-12(15)13-8-11-5-4-7-18(11,16)17/h9,11H,3-8H2,1-2H3,(H,13,14). The first kappa shape index (κ1) is 13.4. The van der Waals surface area contributed by atoms with Crippen molar-refractivity contribution in [2.45, 2.75) is 44.9 Å². The third kappa shape index (κ3) is 2.85. The van der Waals surface area contributed by atoms with Crippen LogP contribution in [-0.4, -0.2) is 35.5 Å². The normalized spacial score (nSPS) is 22.2. The van der Waals surface area contributed by atoms with Crippen LogP contribution in [0.25, 0.3) is 0 Å². The Bertz CT molecular complexity index is 507. The molecule has 1 aliphatic rings. The Labute approximate surface area is 109 Å². The minimum atomic E-state index is -2.88. The van der Waals surface area contributed by atoms with E-state index in [1.807, 2.05) is 13.1 Å². The lowest BCUT2D eigenvalue weighted by Gasteiger charge is -2.12. The summed E-state index contributed by atoms with van der Waals surface area (Å²) in [7, 11) is -2.88. The molecule has 1 fully saturated rings. The van der Waals surface area contributed by atoms with Gasteiger partial charge in [0.2, 0.25) is 5.95 Å². The topological polar surface area (TPSA) is 64.0 Å². The fourth-order valence-electron chi connectivity index (χ4n) is 2.39. The van der Waals surface area contributed by atoms with Crippen molar-refractivity contribution in [3.8, 4) is 0 Å². The molecule has 2 rings (SSSR count). The Morgan fingerprint density at radius 2 is 2.33 bits per heavy atom. The Morgan fingerprint density at radius 3 is 2.94 bits per heavy atom. The first-order valence-electron chi connectivity index (χ1n) is 6.52. The lowest BCUT2D eigenvalue weighted by molar-refractivity contribution is 0.590.